The summed E-state index contributed by atoms with van der Waals surface area (Å²) in [5, 5.41) is 2.98. The van der Waals surface area contributed by atoms with Crippen LogP contribution in [0.2, 0.25) is 0 Å². The van der Waals surface area contributed by atoms with Crippen LogP contribution >= 0.6 is 0 Å². The molecule has 28 heavy (non-hydrogen) atoms. The minimum atomic E-state index is -0.0999. The molecule has 2 aromatic carbocycles. The third-order valence-electron chi connectivity index (χ3n) is 5.37. The smallest absolute Gasteiger partial charge is 0.317 e. The van der Waals surface area contributed by atoms with Gasteiger partial charge in [0.2, 0.25) is 0 Å². The molecular weight excluding hydrogens is 354 g/mol. The maximum atomic E-state index is 12.6. The number of hydrogen-bond acceptors (Lipinski definition) is 4. The molecular formula is C22H29N3O3. The lowest BCUT2D eigenvalue weighted by Gasteiger charge is -2.36. The van der Waals surface area contributed by atoms with Gasteiger partial charge in [-0.1, -0.05) is 24.3 Å². The number of hydrogen-bond donors (Lipinski definition) is 1. The van der Waals surface area contributed by atoms with Gasteiger partial charge in [-0.05, 0) is 42.8 Å². The van der Waals surface area contributed by atoms with E-state index in [2.05, 4.69) is 41.5 Å². The Morgan fingerprint density at radius 2 is 1.93 bits per heavy atom. The van der Waals surface area contributed by atoms with E-state index in [-0.39, 0.29) is 6.03 Å². The number of rotatable bonds is 6. The number of benzene rings is 2. The fourth-order valence-electron chi connectivity index (χ4n) is 3.65. The third kappa shape index (κ3) is 4.57. The van der Waals surface area contributed by atoms with Gasteiger partial charge in [-0.25, -0.2) is 4.79 Å². The highest BCUT2D eigenvalue weighted by atomic mass is 16.5. The molecule has 150 valence electrons. The topological polar surface area (TPSA) is 54.0 Å². The first kappa shape index (κ1) is 20.0. The third-order valence-corrected chi connectivity index (χ3v) is 5.37. The van der Waals surface area contributed by atoms with E-state index in [0.717, 1.165) is 30.0 Å². The van der Waals surface area contributed by atoms with Crippen molar-refractivity contribution < 1.29 is 14.3 Å². The monoisotopic (exact) mass is 383 g/mol. The van der Waals surface area contributed by atoms with E-state index in [4.69, 9.17) is 9.47 Å². The van der Waals surface area contributed by atoms with Crippen LogP contribution in [0.4, 0.5) is 4.79 Å². The molecule has 2 amide bonds. The predicted octanol–water partition coefficient (Wildman–Crippen LogP) is 2.90. The van der Waals surface area contributed by atoms with Crippen LogP contribution in [0, 0.1) is 0 Å². The molecule has 0 saturated carbocycles. The quantitative estimate of drug-likeness (QED) is 0.833. The molecule has 1 aliphatic rings. The van der Waals surface area contributed by atoms with Crippen LogP contribution in [0.5, 0.6) is 11.5 Å². The zero-order valence-electron chi connectivity index (χ0n) is 17.1. The first-order valence-corrected chi connectivity index (χ1v) is 9.48. The fraction of sp³-hybridized carbons (Fsp3) is 0.409. The van der Waals surface area contributed by atoms with E-state index in [1.807, 2.05) is 25.2 Å². The minimum Gasteiger partial charge on any atom is -0.497 e. The van der Waals surface area contributed by atoms with E-state index >= 15 is 0 Å². The first-order valence-electron chi connectivity index (χ1n) is 9.48. The van der Waals surface area contributed by atoms with E-state index < -0.39 is 0 Å². The second-order valence-electron chi connectivity index (χ2n) is 7.26. The van der Waals surface area contributed by atoms with Gasteiger partial charge in [-0.3, -0.25) is 4.90 Å². The Morgan fingerprint density at radius 3 is 2.64 bits per heavy atom. The van der Waals surface area contributed by atoms with Crippen LogP contribution in [-0.4, -0.2) is 56.7 Å². The van der Waals surface area contributed by atoms with Crippen molar-refractivity contribution in [1.82, 2.24) is 15.1 Å². The Labute approximate surface area is 167 Å². The Bertz CT molecular complexity index is 824. The lowest BCUT2D eigenvalue weighted by molar-refractivity contribution is 0.159. The summed E-state index contributed by atoms with van der Waals surface area (Å²) in [7, 11) is 7.20. The van der Waals surface area contributed by atoms with E-state index in [1.54, 1.807) is 19.1 Å². The summed E-state index contributed by atoms with van der Waals surface area (Å²) in [4.78, 5) is 16.7. The van der Waals surface area contributed by atoms with Crippen LogP contribution in [0.15, 0.2) is 42.5 Å². The van der Waals surface area contributed by atoms with Crippen LogP contribution in [0.3, 0.4) is 0 Å². The molecule has 1 N–H and O–H groups in total. The summed E-state index contributed by atoms with van der Waals surface area (Å²) in [6.07, 6.45) is 0.952. The number of likely N-dealkylation sites (N-methyl/N-ethyl adjacent to an activating group) is 2. The van der Waals surface area contributed by atoms with Crippen molar-refractivity contribution in [1.29, 1.82) is 0 Å². The van der Waals surface area contributed by atoms with Crippen molar-refractivity contribution in [2.45, 2.75) is 25.6 Å². The molecule has 1 atom stereocenters. The average Bonchev–Trinajstić information content (AvgIpc) is 2.72. The van der Waals surface area contributed by atoms with E-state index in [1.165, 1.54) is 11.1 Å². The van der Waals surface area contributed by atoms with Crippen molar-refractivity contribution in [3.05, 3.63) is 59.2 Å². The van der Waals surface area contributed by atoms with Gasteiger partial charge in [-0.2, -0.15) is 0 Å². The summed E-state index contributed by atoms with van der Waals surface area (Å²) in [5.41, 5.74) is 3.63. The molecule has 6 nitrogen and oxygen atoms in total. The van der Waals surface area contributed by atoms with E-state index in [0.29, 0.717) is 19.1 Å². The molecule has 0 aromatic heterocycles. The predicted molar refractivity (Wildman–Crippen MR) is 110 cm³/mol. The summed E-state index contributed by atoms with van der Waals surface area (Å²) in [6.45, 7) is 1.97. The molecule has 0 saturated heterocycles. The number of amides is 2. The molecule has 0 radical (unpaired) electrons. The minimum absolute atomic E-state index is 0.0999. The molecule has 1 heterocycles. The molecule has 1 aliphatic heterocycles. The summed E-state index contributed by atoms with van der Waals surface area (Å²) >= 11 is 0. The molecule has 0 bridgehead atoms. The normalized spacial score (nSPS) is 16.2. The van der Waals surface area contributed by atoms with Crippen LogP contribution < -0.4 is 14.8 Å². The Kier molecular flexibility index (Phi) is 6.41. The highest BCUT2D eigenvalue weighted by molar-refractivity contribution is 5.74. The van der Waals surface area contributed by atoms with Gasteiger partial charge in [0.15, 0.2) is 0 Å². The zero-order valence-corrected chi connectivity index (χ0v) is 17.1. The molecule has 0 aliphatic carbocycles. The summed E-state index contributed by atoms with van der Waals surface area (Å²) in [5.74, 6) is 1.47. The number of fused-ring (bicyclic) bond motifs is 1. The van der Waals surface area contributed by atoms with Crippen LogP contribution in [-0.2, 0) is 19.5 Å². The van der Waals surface area contributed by atoms with Gasteiger partial charge in [0.25, 0.3) is 0 Å². The number of carbonyl (C=O) groups excluding carboxylic acids is 1. The largest absolute Gasteiger partial charge is 0.497 e. The van der Waals surface area contributed by atoms with Crippen molar-refractivity contribution in [2.24, 2.45) is 0 Å². The van der Waals surface area contributed by atoms with Crippen molar-refractivity contribution in [3.8, 4) is 11.5 Å². The number of nitrogens with one attached hydrogen (secondary N) is 1. The van der Waals surface area contributed by atoms with Crippen LogP contribution in [0.1, 0.15) is 16.7 Å². The lowest BCUT2D eigenvalue weighted by atomic mass is 9.94. The average molecular weight is 383 g/mol. The molecule has 3 rings (SSSR count). The van der Waals surface area contributed by atoms with E-state index in [9.17, 15) is 4.79 Å². The zero-order chi connectivity index (χ0) is 20.1. The lowest BCUT2D eigenvalue weighted by Crippen LogP contribution is -2.48. The highest BCUT2D eigenvalue weighted by Gasteiger charge is 2.25. The van der Waals surface area contributed by atoms with Gasteiger partial charge >= 0.3 is 6.03 Å². The highest BCUT2D eigenvalue weighted by Crippen LogP contribution is 2.24. The van der Waals surface area contributed by atoms with Crippen LogP contribution in [0.25, 0.3) is 0 Å². The number of methoxy groups -OCH3 is 2. The number of nitrogens with zero attached hydrogens (tertiary/aromatic N) is 2. The van der Waals surface area contributed by atoms with Gasteiger partial charge < -0.3 is 19.7 Å². The fourth-order valence-corrected chi connectivity index (χ4v) is 3.65. The standard InChI is InChI=1S/C22H29N3O3/c1-24-14-17-8-6-5-7-16(17)11-19(24)15-25(2)22(26)23-13-18-12-20(27-3)9-10-21(18)28-4/h5-10,12,19H,11,13-15H2,1-4H3,(H,23,26). The second kappa shape index (κ2) is 8.97. The number of urea groups is 1. The number of ether oxygens (including phenoxy) is 2. The maximum absolute atomic E-state index is 12.6. The molecule has 0 spiro atoms. The van der Waals surface area contributed by atoms with Gasteiger partial charge in [-0.15, -0.1) is 0 Å². The first-order chi connectivity index (χ1) is 13.5. The molecule has 2 aromatic rings. The number of carbonyl (C=O) groups is 1. The van der Waals surface area contributed by atoms with Gasteiger partial charge in [0.1, 0.15) is 11.5 Å². The molecule has 0 fully saturated rings. The maximum Gasteiger partial charge on any atom is 0.317 e. The summed E-state index contributed by atoms with van der Waals surface area (Å²) in [6, 6.07) is 14.3. The van der Waals surface area contributed by atoms with Gasteiger partial charge in [0, 0.05) is 38.3 Å². The Hall–Kier alpha value is -2.73. The van der Waals surface area contributed by atoms with Crippen molar-refractivity contribution in [2.75, 3.05) is 34.9 Å². The molecule has 6 heteroatoms. The van der Waals surface area contributed by atoms with Crippen molar-refractivity contribution in [3.63, 3.8) is 0 Å². The second-order valence-corrected chi connectivity index (χ2v) is 7.26. The SMILES string of the molecule is COc1ccc(OC)c(CNC(=O)N(C)CC2Cc3ccccc3CN2C)c1. The Balaban J connectivity index is 1.58. The Morgan fingerprint density at radius 1 is 1.18 bits per heavy atom. The summed E-state index contributed by atoms with van der Waals surface area (Å²) < 4.78 is 10.6. The van der Waals surface area contributed by atoms with Gasteiger partial charge in [0.05, 0.1) is 14.2 Å². The van der Waals surface area contributed by atoms with Crippen molar-refractivity contribution >= 4 is 6.03 Å². The molecule has 1 unspecified atom stereocenters.